The normalized spacial score (nSPS) is 11.6. The van der Waals surface area contributed by atoms with Crippen LogP contribution in [-0.2, 0) is 30.0 Å². The molecule has 21 heavy (non-hydrogen) atoms. The first-order valence-electron chi connectivity index (χ1n) is 6.93. The van der Waals surface area contributed by atoms with Crippen LogP contribution in [0.1, 0.15) is 24.6 Å². The summed E-state index contributed by atoms with van der Waals surface area (Å²) < 4.78 is 29.0. The second-order valence-corrected chi connectivity index (χ2v) is 6.72. The largest absolute Gasteiger partial charge is 0.352 e. The molecule has 3 N–H and O–H groups in total. The van der Waals surface area contributed by atoms with Crippen LogP contribution in [0.2, 0.25) is 0 Å². The standard InChI is InChI=1S/C15H21N3O2S/c1-3-4-12-5-7-13(8-6-12)17-21(19,20)15-9-14(10-16)18(2)11-15/h5-9,11,17H,3-4,10,16H2,1-2H3. The minimum atomic E-state index is -3.58. The molecule has 0 bridgehead atoms. The predicted molar refractivity (Wildman–Crippen MR) is 84.5 cm³/mol. The van der Waals surface area contributed by atoms with E-state index in [0.717, 1.165) is 18.5 Å². The number of nitrogens with two attached hydrogens (primary N) is 1. The predicted octanol–water partition coefficient (Wildman–Crippen LogP) is 2.24. The quantitative estimate of drug-likeness (QED) is 0.859. The molecule has 0 aliphatic heterocycles. The molecule has 2 rings (SSSR count). The number of nitrogens with one attached hydrogen (secondary N) is 1. The Hall–Kier alpha value is -1.79. The second kappa shape index (κ2) is 6.32. The highest BCUT2D eigenvalue weighted by atomic mass is 32.2. The third-order valence-corrected chi connectivity index (χ3v) is 4.70. The zero-order valence-electron chi connectivity index (χ0n) is 12.3. The molecule has 0 spiro atoms. The molecule has 1 aromatic carbocycles. The zero-order chi connectivity index (χ0) is 15.5. The van der Waals surface area contributed by atoms with Crippen molar-refractivity contribution in [3.63, 3.8) is 0 Å². The van der Waals surface area contributed by atoms with Gasteiger partial charge in [-0.2, -0.15) is 0 Å². The van der Waals surface area contributed by atoms with E-state index in [1.165, 1.54) is 5.56 Å². The number of rotatable bonds is 6. The first kappa shape index (κ1) is 15.6. The number of sulfonamides is 1. The van der Waals surface area contributed by atoms with E-state index >= 15 is 0 Å². The summed E-state index contributed by atoms with van der Waals surface area (Å²) in [6.07, 6.45) is 3.62. The van der Waals surface area contributed by atoms with Gasteiger partial charge in [0.25, 0.3) is 10.0 Å². The summed E-state index contributed by atoms with van der Waals surface area (Å²) >= 11 is 0. The molecule has 0 unspecified atom stereocenters. The Morgan fingerprint density at radius 3 is 2.43 bits per heavy atom. The Balaban J connectivity index is 2.20. The number of aryl methyl sites for hydroxylation is 2. The van der Waals surface area contributed by atoms with Gasteiger partial charge < -0.3 is 10.3 Å². The van der Waals surface area contributed by atoms with Crippen LogP contribution in [0.3, 0.4) is 0 Å². The van der Waals surface area contributed by atoms with Crippen LogP contribution in [0.4, 0.5) is 5.69 Å². The van der Waals surface area contributed by atoms with Gasteiger partial charge in [0.2, 0.25) is 0 Å². The fraction of sp³-hybridized carbons (Fsp3) is 0.333. The molecule has 0 saturated heterocycles. The smallest absolute Gasteiger partial charge is 0.263 e. The van der Waals surface area contributed by atoms with E-state index in [4.69, 9.17) is 5.73 Å². The van der Waals surface area contributed by atoms with E-state index < -0.39 is 10.0 Å². The Kier molecular flexibility index (Phi) is 4.69. The number of nitrogens with zero attached hydrogens (tertiary/aromatic N) is 1. The van der Waals surface area contributed by atoms with E-state index in [1.807, 2.05) is 12.1 Å². The Bertz CT molecular complexity index is 703. The van der Waals surface area contributed by atoms with Crippen molar-refractivity contribution >= 4 is 15.7 Å². The van der Waals surface area contributed by atoms with E-state index in [9.17, 15) is 8.42 Å². The van der Waals surface area contributed by atoms with Gasteiger partial charge in [0.15, 0.2) is 0 Å². The van der Waals surface area contributed by atoms with Crippen molar-refractivity contribution in [2.75, 3.05) is 4.72 Å². The number of hydrogen-bond acceptors (Lipinski definition) is 3. The molecule has 114 valence electrons. The van der Waals surface area contributed by atoms with Crippen LogP contribution < -0.4 is 10.5 Å². The molecule has 0 saturated carbocycles. The molecule has 0 aliphatic rings. The topological polar surface area (TPSA) is 77.1 Å². The first-order chi connectivity index (χ1) is 9.96. The van der Waals surface area contributed by atoms with Crippen LogP contribution in [0.25, 0.3) is 0 Å². The molecule has 6 heteroatoms. The van der Waals surface area contributed by atoms with E-state index in [-0.39, 0.29) is 4.90 Å². The molecule has 0 aliphatic carbocycles. The zero-order valence-corrected chi connectivity index (χ0v) is 13.2. The van der Waals surface area contributed by atoms with Crippen LogP contribution in [-0.4, -0.2) is 13.0 Å². The van der Waals surface area contributed by atoms with Gasteiger partial charge in [0.05, 0.1) is 0 Å². The summed E-state index contributed by atoms with van der Waals surface area (Å²) in [6, 6.07) is 9.05. The number of aromatic nitrogens is 1. The van der Waals surface area contributed by atoms with Gasteiger partial charge in [-0.25, -0.2) is 8.42 Å². The average Bonchev–Trinajstić information content (AvgIpc) is 2.83. The van der Waals surface area contributed by atoms with Gasteiger partial charge >= 0.3 is 0 Å². The Morgan fingerprint density at radius 1 is 1.24 bits per heavy atom. The van der Waals surface area contributed by atoms with Gasteiger partial charge in [0.1, 0.15) is 4.90 Å². The fourth-order valence-corrected chi connectivity index (χ4v) is 3.32. The third kappa shape index (κ3) is 3.65. The summed E-state index contributed by atoms with van der Waals surface area (Å²) in [5.74, 6) is 0. The lowest BCUT2D eigenvalue weighted by molar-refractivity contribution is 0.601. The summed E-state index contributed by atoms with van der Waals surface area (Å²) in [6.45, 7) is 2.42. The second-order valence-electron chi connectivity index (χ2n) is 5.03. The van der Waals surface area contributed by atoms with E-state index in [1.54, 1.807) is 36.0 Å². The molecule has 0 fully saturated rings. The number of anilines is 1. The molecule has 2 aromatic rings. The SMILES string of the molecule is CCCc1ccc(NS(=O)(=O)c2cc(CN)n(C)c2)cc1. The van der Waals surface area contributed by atoms with Crippen molar-refractivity contribution in [3.05, 3.63) is 47.8 Å². The van der Waals surface area contributed by atoms with Crippen molar-refractivity contribution < 1.29 is 8.42 Å². The molecular formula is C15H21N3O2S. The van der Waals surface area contributed by atoms with Gasteiger partial charge in [-0.1, -0.05) is 25.5 Å². The lowest BCUT2D eigenvalue weighted by Gasteiger charge is -2.07. The highest BCUT2D eigenvalue weighted by Crippen LogP contribution is 2.19. The fourth-order valence-electron chi connectivity index (χ4n) is 2.17. The van der Waals surface area contributed by atoms with Crippen molar-refractivity contribution in [2.45, 2.75) is 31.2 Å². The first-order valence-corrected chi connectivity index (χ1v) is 8.41. The Morgan fingerprint density at radius 2 is 1.90 bits per heavy atom. The maximum absolute atomic E-state index is 12.3. The lowest BCUT2D eigenvalue weighted by Crippen LogP contribution is -2.12. The highest BCUT2D eigenvalue weighted by molar-refractivity contribution is 7.92. The highest BCUT2D eigenvalue weighted by Gasteiger charge is 2.17. The summed E-state index contributed by atoms with van der Waals surface area (Å²) in [4.78, 5) is 0.225. The molecule has 0 amide bonds. The summed E-state index contributed by atoms with van der Waals surface area (Å²) in [5, 5.41) is 0. The van der Waals surface area contributed by atoms with Gasteiger partial charge in [-0.3, -0.25) is 4.72 Å². The Labute approximate surface area is 125 Å². The van der Waals surface area contributed by atoms with Crippen molar-refractivity contribution in [3.8, 4) is 0 Å². The van der Waals surface area contributed by atoms with Crippen molar-refractivity contribution in [1.29, 1.82) is 0 Å². The molecule has 0 radical (unpaired) electrons. The third-order valence-electron chi connectivity index (χ3n) is 3.35. The lowest BCUT2D eigenvalue weighted by atomic mass is 10.1. The number of hydrogen-bond donors (Lipinski definition) is 2. The monoisotopic (exact) mass is 307 g/mol. The average molecular weight is 307 g/mol. The van der Waals surface area contributed by atoms with Crippen LogP contribution in [0, 0.1) is 0 Å². The van der Waals surface area contributed by atoms with Crippen LogP contribution >= 0.6 is 0 Å². The summed E-state index contributed by atoms with van der Waals surface area (Å²) in [5.41, 5.74) is 8.10. The number of benzene rings is 1. The van der Waals surface area contributed by atoms with Crippen LogP contribution in [0.15, 0.2) is 41.4 Å². The minimum Gasteiger partial charge on any atom is -0.352 e. The van der Waals surface area contributed by atoms with Crippen molar-refractivity contribution in [2.24, 2.45) is 12.8 Å². The van der Waals surface area contributed by atoms with Crippen molar-refractivity contribution in [1.82, 2.24) is 4.57 Å². The maximum atomic E-state index is 12.3. The molecular weight excluding hydrogens is 286 g/mol. The minimum absolute atomic E-state index is 0.225. The van der Waals surface area contributed by atoms with E-state index in [0.29, 0.717) is 12.2 Å². The maximum Gasteiger partial charge on any atom is 0.263 e. The van der Waals surface area contributed by atoms with E-state index in [2.05, 4.69) is 11.6 Å². The van der Waals surface area contributed by atoms with Gasteiger partial charge in [-0.05, 0) is 30.2 Å². The molecule has 0 atom stereocenters. The summed E-state index contributed by atoms with van der Waals surface area (Å²) in [7, 11) is -1.80. The molecule has 5 nitrogen and oxygen atoms in total. The van der Waals surface area contributed by atoms with Crippen LogP contribution in [0.5, 0.6) is 0 Å². The molecule has 1 heterocycles. The molecule has 1 aromatic heterocycles. The van der Waals surface area contributed by atoms with Gasteiger partial charge in [0, 0.05) is 31.2 Å². The van der Waals surface area contributed by atoms with Gasteiger partial charge in [-0.15, -0.1) is 0 Å².